The summed E-state index contributed by atoms with van der Waals surface area (Å²) in [6.45, 7) is -0.812. The average molecular weight is 255 g/mol. The van der Waals surface area contributed by atoms with E-state index in [0.717, 1.165) is 11.3 Å². The highest BCUT2D eigenvalue weighted by Crippen LogP contribution is 2.13. The third kappa shape index (κ3) is 3.59. The molecule has 0 atom stereocenters. The minimum atomic E-state index is -4.18. The lowest BCUT2D eigenvalue weighted by Gasteiger charge is -2.09. The zero-order valence-corrected chi connectivity index (χ0v) is 9.48. The summed E-state index contributed by atoms with van der Waals surface area (Å²) in [5.41, 5.74) is 1.61. The Morgan fingerprint density at radius 3 is 2.72 bits per heavy atom. The van der Waals surface area contributed by atoms with Crippen LogP contribution in [0.15, 0.2) is 42.7 Å². The van der Waals surface area contributed by atoms with E-state index in [1.807, 2.05) is 6.07 Å². The first-order valence-electron chi connectivity index (χ1n) is 5.41. The number of halogens is 3. The molecule has 0 aliphatic rings. The van der Waals surface area contributed by atoms with Crippen molar-refractivity contribution in [2.24, 2.45) is 0 Å². The Hall–Kier alpha value is -1.82. The van der Waals surface area contributed by atoms with Crippen LogP contribution in [0.3, 0.4) is 0 Å². The Kier molecular flexibility index (Phi) is 3.66. The van der Waals surface area contributed by atoms with Crippen molar-refractivity contribution in [3.63, 3.8) is 0 Å². The number of benzene rings is 1. The predicted octanol–water partition coefficient (Wildman–Crippen LogP) is 2.52. The first-order chi connectivity index (χ1) is 8.54. The number of rotatable bonds is 4. The van der Waals surface area contributed by atoms with E-state index in [1.165, 1.54) is 0 Å². The van der Waals surface area contributed by atoms with Crippen LogP contribution in [-0.4, -0.2) is 22.5 Å². The molecule has 2 aromatic rings. The first kappa shape index (κ1) is 12.6. The SMILES string of the molecule is FC(F)(F)CNCc1cccc(-n2cccn2)c1. The fourth-order valence-corrected chi connectivity index (χ4v) is 1.58. The summed E-state index contributed by atoms with van der Waals surface area (Å²) in [6.07, 6.45) is -0.754. The average Bonchev–Trinajstić information content (AvgIpc) is 2.81. The molecule has 0 radical (unpaired) electrons. The molecule has 0 aliphatic heterocycles. The Balaban J connectivity index is 2.00. The van der Waals surface area contributed by atoms with Gasteiger partial charge in [0.05, 0.1) is 12.2 Å². The summed E-state index contributed by atoms with van der Waals surface area (Å²) in [5.74, 6) is 0. The van der Waals surface area contributed by atoms with E-state index < -0.39 is 12.7 Å². The van der Waals surface area contributed by atoms with Gasteiger partial charge in [-0.25, -0.2) is 4.68 Å². The zero-order chi connectivity index (χ0) is 13.0. The topological polar surface area (TPSA) is 29.9 Å². The van der Waals surface area contributed by atoms with Crippen LogP contribution in [-0.2, 0) is 6.54 Å². The van der Waals surface area contributed by atoms with Crippen LogP contribution >= 0.6 is 0 Å². The third-order valence-electron chi connectivity index (χ3n) is 2.33. The van der Waals surface area contributed by atoms with Crippen molar-refractivity contribution in [1.82, 2.24) is 15.1 Å². The minimum absolute atomic E-state index is 0.175. The van der Waals surface area contributed by atoms with Crippen molar-refractivity contribution < 1.29 is 13.2 Å². The van der Waals surface area contributed by atoms with Gasteiger partial charge in [-0.1, -0.05) is 12.1 Å². The molecule has 18 heavy (non-hydrogen) atoms. The summed E-state index contributed by atoms with van der Waals surface area (Å²) in [5, 5.41) is 6.42. The van der Waals surface area contributed by atoms with Crippen LogP contribution < -0.4 is 5.32 Å². The van der Waals surface area contributed by atoms with Gasteiger partial charge in [0.15, 0.2) is 0 Å². The largest absolute Gasteiger partial charge is 0.401 e. The lowest BCUT2D eigenvalue weighted by molar-refractivity contribution is -0.125. The van der Waals surface area contributed by atoms with E-state index in [4.69, 9.17) is 0 Å². The van der Waals surface area contributed by atoms with Gasteiger partial charge in [-0.3, -0.25) is 0 Å². The van der Waals surface area contributed by atoms with Crippen molar-refractivity contribution in [3.8, 4) is 5.69 Å². The van der Waals surface area contributed by atoms with Gasteiger partial charge in [0.25, 0.3) is 0 Å². The third-order valence-corrected chi connectivity index (χ3v) is 2.33. The molecule has 1 N–H and O–H groups in total. The van der Waals surface area contributed by atoms with Crippen molar-refractivity contribution in [3.05, 3.63) is 48.3 Å². The summed E-state index contributed by atoms with van der Waals surface area (Å²) in [4.78, 5) is 0. The molecule has 2 rings (SSSR count). The molecular weight excluding hydrogens is 243 g/mol. The van der Waals surface area contributed by atoms with E-state index in [-0.39, 0.29) is 6.54 Å². The van der Waals surface area contributed by atoms with Crippen LogP contribution in [0.25, 0.3) is 5.69 Å². The Morgan fingerprint density at radius 2 is 2.06 bits per heavy atom. The van der Waals surface area contributed by atoms with Gasteiger partial charge in [0, 0.05) is 18.9 Å². The number of alkyl halides is 3. The molecule has 96 valence electrons. The fraction of sp³-hybridized carbons (Fsp3) is 0.250. The molecule has 6 heteroatoms. The van der Waals surface area contributed by atoms with Gasteiger partial charge in [-0.2, -0.15) is 18.3 Å². The van der Waals surface area contributed by atoms with Crippen LogP contribution in [0, 0.1) is 0 Å². The molecule has 0 saturated carbocycles. The Morgan fingerprint density at radius 1 is 1.22 bits per heavy atom. The van der Waals surface area contributed by atoms with Crippen molar-refractivity contribution in [2.45, 2.75) is 12.7 Å². The minimum Gasteiger partial charge on any atom is -0.305 e. The second kappa shape index (κ2) is 5.22. The zero-order valence-electron chi connectivity index (χ0n) is 9.48. The molecule has 0 unspecified atom stereocenters. The maximum atomic E-state index is 12.0. The summed E-state index contributed by atoms with van der Waals surface area (Å²) in [7, 11) is 0. The lowest BCUT2D eigenvalue weighted by Crippen LogP contribution is -2.28. The number of aromatic nitrogens is 2. The molecule has 3 nitrogen and oxygen atoms in total. The number of hydrogen-bond donors (Lipinski definition) is 1. The lowest BCUT2D eigenvalue weighted by atomic mass is 10.2. The van der Waals surface area contributed by atoms with E-state index in [1.54, 1.807) is 41.3 Å². The quantitative estimate of drug-likeness (QED) is 0.909. The maximum absolute atomic E-state index is 12.0. The molecule has 0 bridgehead atoms. The van der Waals surface area contributed by atoms with Crippen LogP contribution in [0.1, 0.15) is 5.56 Å². The van der Waals surface area contributed by atoms with Crippen LogP contribution in [0.2, 0.25) is 0 Å². The highest BCUT2D eigenvalue weighted by atomic mass is 19.4. The summed E-state index contributed by atoms with van der Waals surface area (Å²) < 4.78 is 37.6. The smallest absolute Gasteiger partial charge is 0.305 e. The first-order valence-corrected chi connectivity index (χ1v) is 5.41. The monoisotopic (exact) mass is 255 g/mol. The summed E-state index contributed by atoms with van der Waals surface area (Å²) in [6, 6.07) is 9.00. The molecule has 0 amide bonds. The predicted molar refractivity (Wildman–Crippen MR) is 61.3 cm³/mol. The van der Waals surface area contributed by atoms with Crippen molar-refractivity contribution in [2.75, 3.05) is 6.54 Å². The van der Waals surface area contributed by atoms with Gasteiger partial charge in [-0.05, 0) is 23.8 Å². The molecule has 0 fully saturated rings. The highest BCUT2D eigenvalue weighted by Gasteiger charge is 2.25. The van der Waals surface area contributed by atoms with E-state index in [9.17, 15) is 13.2 Å². The normalized spacial score (nSPS) is 11.7. The van der Waals surface area contributed by atoms with Gasteiger partial charge in [0.1, 0.15) is 0 Å². The Bertz CT molecular complexity index is 492. The van der Waals surface area contributed by atoms with E-state index in [0.29, 0.717) is 0 Å². The van der Waals surface area contributed by atoms with Crippen LogP contribution in [0.4, 0.5) is 13.2 Å². The van der Waals surface area contributed by atoms with E-state index >= 15 is 0 Å². The van der Waals surface area contributed by atoms with Crippen molar-refractivity contribution >= 4 is 0 Å². The van der Waals surface area contributed by atoms with Gasteiger partial charge >= 0.3 is 6.18 Å². The number of nitrogens with zero attached hydrogens (tertiary/aromatic N) is 2. The molecule has 0 saturated heterocycles. The summed E-state index contributed by atoms with van der Waals surface area (Å²) >= 11 is 0. The molecule has 1 aromatic carbocycles. The second-order valence-electron chi connectivity index (χ2n) is 3.84. The fourth-order valence-electron chi connectivity index (χ4n) is 1.58. The molecule has 1 aromatic heterocycles. The van der Waals surface area contributed by atoms with Gasteiger partial charge in [-0.15, -0.1) is 0 Å². The molecule has 0 spiro atoms. The Labute approximate surface area is 102 Å². The number of hydrogen-bond acceptors (Lipinski definition) is 2. The molecule has 0 aliphatic carbocycles. The van der Waals surface area contributed by atoms with E-state index in [2.05, 4.69) is 10.4 Å². The van der Waals surface area contributed by atoms with Gasteiger partial charge in [0.2, 0.25) is 0 Å². The van der Waals surface area contributed by atoms with Crippen LogP contribution in [0.5, 0.6) is 0 Å². The highest BCUT2D eigenvalue weighted by molar-refractivity contribution is 5.34. The van der Waals surface area contributed by atoms with Gasteiger partial charge < -0.3 is 5.32 Å². The standard InChI is InChI=1S/C12H12F3N3/c13-12(14,15)9-16-8-10-3-1-4-11(7-10)18-6-2-5-17-18/h1-7,16H,8-9H2. The second-order valence-corrected chi connectivity index (χ2v) is 3.84. The maximum Gasteiger partial charge on any atom is 0.401 e. The number of nitrogens with one attached hydrogen (secondary N) is 1. The van der Waals surface area contributed by atoms with Crippen molar-refractivity contribution in [1.29, 1.82) is 0 Å². The molecular formula is C12H12F3N3. The molecule has 1 heterocycles.